The maximum atomic E-state index is 13.3. The number of hydrogen-bond acceptors (Lipinski definition) is 28. The monoisotopic (exact) mass is 2140 g/mol. The maximum absolute atomic E-state index is 13.3. The van der Waals surface area contributed by atoms with Crippen LogP contribution in [0, 0.1) is 34.9 Å². The summed E-state index contributed by atoms with van der Waals surface area (Å²) >= 11 is 5.09. The highest BCUT2D eigenvalue weighted by Gasteiger charge is 2.40. The van der Waals surface area contributed by atoms with Gasteiger partial charge in [0.1, 0.15) is 65.1 Å². The second-order valence-corrected chi connectivity index (χ2v) is 41.2. The van der Waals surface area contributed by atoms with Crippen molar-refractivity contribution in [2.45, 2.75) is 113 Å². The number of esters is 3. The van der Waals surface area contributed by atoms with Crippen molar-refractivity contribution in [1.82, 2.24) is 63.8 Å². The second-order valence-electron chi connectivity index (χ2n) is 32.9. The van der Waals surface area contributed by atoms with Gasteiger partial charge in [-0.2, -0.15) is 17.2 Å². The predicted octanol–water partition coefficient (Wildman–Crippen LogP) is 3.34. The van der Waals surface area contributed by atoms with Crippen LogP contribution in [0.1, 0.15) is 134 Å². The summed E-state index contributed by atoms with van der Waals surface area (Å²) in [5.41, 5.74) is 7.20. The zero-order chi connectivity index (χ0) is 108. The number of piperazine rings is 4. The van der Waals surface area contributed by atoms with E-state index in [-0.39, 0.29) is 176 Å². The Morgan fingerprint density at radius 3 is 0.903 bits per heavy atom. The molecule has 4 saturated heterocycles. The van der Waals surface area contributed by atoms with Crippen molar-refractivity contribution in [3.05, 3.63) is 214 Å². The van der Waals surface area contributed by atoms with E-state index in [9.17, 15) is 127 Å². The number of carbonyl (C=O) groups is 14. The summed E-state index contributed by atoms with van der Waals surface area (Å²) in [4.78, 5) is 168. The fraction of sp³-hybridized carbons (Fsp3) is 0.457. The maximum Gasteiger partial charge on any atom is 0.326 e. The first kappa shape index (κ1) is 123. The molecule has 4 heterocycles. The van der Waals surface area contributed by atoms with Crippen LogP contribution in [0.4, 0.5) is 26.3 Å². The minimum absolute atomic E-state index is 0.0186. The fourth-order valence-corrected chi connectivity index (χ4v) is 17.4. The molecule has 4 aliphatic heterocycles. The molecule has 1 unspecified atom stereocenters. The Bertz CT molecular complexity index is 5820. The van der Waals surface area contributed by atoms with Crippen LogP contribution in [0.5, 0.6) is 0 Å². The average Bonchev–Trinajstić information content (AvgIpc) is 1.65. The third-order valence-electron chi connectivity index (χ3n) is 22.3. The van der Waals surface area contributed by atoms with Crippen molar-refractivity contribution < 1.29 is 157 Å². The number of nitrogens with zero attached hydrogens (tertiary/aromatic N) is 7. The molecule has 0 spiro atoms. The fourth-order valence-electron chi connectivity index (χ4n) is 13.9. The lowest BCUT2D eigenvalue weighted by atomic mass is 10.1. The topological polar surface area (TPSA) is 585 Å². The quantitative estimate of drug-likeness (QED) is 0.00886. The number of carboxylic acids is 3. The predicted molar refractivity (Wildman–Crippen MR) is 514 cm³/mol. The van der Waals surface area contributed by atoms with Crippen LogP contribution in [0.15, 0.2) is 146 Å². The van der Waals surface area contributed by atoms with E-state index in [1.165, 1.54) is 152 Å². The number of aliphatic carboxylic acids is 3. The largest absolute Gasteiger partial charge is 0.481 e. The first-order valence-electron chi connectivity index (χ1n) is 44.8. The zero-order valence-electron chi connectivity index (χ0n) is 80.2. The molecule has 798 valence electrons. The van der Waals surface area contributed by atoms with E-state index >= 15 is 0 Å². The van der Waals surface area contributed by atoms with Gasteiger partial charge in [0.05, 0.1) is 46.4 Å². The summed E-state index contributed by atoms with van der Waals surface area (Å²) in [6.45, 7) is 5.49. The number of nitrogens with one attached hydrogen (secondary N) is 6. The molecule has 7 atom stereocenters. The molecule has 53 heteroatoms. The number of methoxy groups -OCH3 is 3. The van der Waals surface area contributed by atoms with E-state index in [0.29, 0.717) is 44.0 Å². The minimum atomic E-state index is -3.36. The summed E-state index contributed by atoms with van der Waals surface area (Å²) in [6.07, 6.45) is 5.98. The van der Waals surface area contributed by atoms with Crippen LogP contribution in [0.3, 0.4) is 0 Å². The van der Waals surface area contributed by atoms with Gasteiger partial charge in [0, 0.05) is 170 Å². The molecule has 0 aromatic heterocycles. The van der Waals surface area contributed by atoms with Gasteiger partial charge < -0.3 is 81.9 Å². The average molecular weight is 2150 g/mol. The van der Waals surface area contributed by atoms with Crippen molar-refractivity contribution in [2.24, 2.45) is 5.73 Å². The van der Waals surface area contributed by atoms with Crippen LogP contribution >= 0.6 is 11.6 Å². The number of benzene rings is 6. The smallest absolute Gasteiger partial charge is 0.326 e. The summed E-state index contributed by atoms with van der Waals surface area (Å²) in [5.74, 6) is -10.8. The minimum Gasteiger partial charge on any atom is -0.481 e. The van der Waals surface area contributed by atoms with Crippen molar-refractivity contribution in [3.8, 4) is 0 Å². The first-order valence-corrected chi connectivity index (χ1v) is 52.6. The van der Waals surface area contributed by atoms with Gasteiger partial charge in [-0.15, -0.1) is 0 Å². The second kappa shape index (κ2) is 60.4. The van der Waals surface area contributed by atoms with E-state index in [0.717, 1.165) is 80.2 Å². The molecule has 0 radical (unpaired) electrons. The number of hydrogen-bond donors (Lipinski definition) is 10. The van der Waals surface area contributed by atoms with Crippen LogP contribution in [0.25, 0.3) is 0 Å². The normalized spacial score (nSPS) is 16.5. The number of carbonyl (C=O) groups excluding carboxylic acids is 11. The van der Waals surface area contributed by atoms with Crippen molar-refractivity contribution in [1.29, 1.82) is 0 Å². The summed E-state index contributed by atoms with van der Waals surface area (Å²) < 4.78 is 188. The van der Waals surface area contributed by atoms with E-state index in [1.54, 1.807) is 17.0 Å². The van der Waals surface area contributed by atoms with Crippen LogP contribution in [-0.4, -0.2) is 357 Å². The molecule has 145 heavy (non-hydrogen) atoms. The van der Waals surface area contributed by atoms with Crippen molar-refractivity contribution >= 4 is 134 Å². The molecule has 5 fully saturated rings. The standard InChI is InChI=1S/C26H32F2N4O4S.C18H24FN3O6S.C17H22FN3O6S.C13H14FNO5.C7H4ClFO.C6H11NO4.C5H12N2O2S/c1-37(35,36)32-15-13-31(14-16-32)26(34)23(30-25(33)19-6-10-21(28)11-7-19)3-2-12-29-24-17-22(24)18-4-8-20(27)9-5-18;1-28-16(23)8-7-15(20-17(24)13-3-5-14(19)6-4-13)18(25)21-9-11-22(12-10-21)29(2,26)27;1-28(26,27)21-10-8-20(9-11-21)17(25)14(6-7-15(22)23)19-16(24)12-2-4-13(18)5-3-12;1-20-11(16)7-6-10(13(18)19)15-12(17)8-2-4-9(14)5-3-8;8-7(10)5-1-3-6(9)4-2-5;1-11-5(8)3-2-4(7)6(9)10;1-10(8,9)7-4-2-6-3-5-7/h4-11,22-24,29H,2-3,12-17H2,1H3,(H,30,33);3-6,15H,7-12H2,1-2H3,(H,20,24);2-5,14H,6-11H2,1H3,(H,19,24)(H,22,23);2-5,10H,6-7H2,1H3,(H,15,17)(H,18,19);1-4H;4H,2-3,7H2,1H3,(H,9,10);6H,2-5H2,1H3/t22-,23-,24?;15-;14-;10-;;4-;/m0000.0./s1. The summed E-state index contributed by atoms with van der Waals surface area (Å²) in [7, 11) is -9.31. The summed E-state index contributed by atoms with van der Waals surface area (Å²) in [6, 6.07) is 26.1. The van der Waals surface area contributed by atoms with Crippen LogP contribution in [-0.2, 0) is 97.5 Å². The first-order chi connectivity index (χ1) is 68.1. The molecular formula is C92H119ClF6N14O28S4. The molecule has 0 bridgehead atoms. The highest BCUT2D eigenvalue weighted by Crippen LogP contribution is 2.41. The number of amides is 7. The third-order valence-corrected chi connectivity index (χ3v) is 27.7. The van der Waals surface area contributed by atoms with Crippen LogP contribution < -0.4 is 37.6 Å². The highest BCUT2D eigenvalue weighted by atomic mass is 35.5. The molecule has 7 amide bonds. The van der Waals surface area contributed by atoms with Crippen molar-refractivity contribution in [3.63, 3.8) is 0 Å². The molecule has 5 aliphatic rings. The molecular weight excluding hydrogens is 2030 g/mol. The number of nitrogens with two attached hydrogens (primary N) is 1. The third kappa shape index (κ3) is 45.4. The van der Waals surface area contributed by atoms with Crippen molar-refractivity contribution in [2.75, 3.05) is 158 Å². The SMILES string of the molecule is COC(=O)CC[C@H](N)C(=O)O.COC(=O)CC[C@H](NC(=O)c1ccc(F)cc1)C(=O)N1CCN(S(C)(=O)=O)CC1.COC(=O)CC[C@H](NC(=O)c1ccc(F)cc1)C(=O)O.CS(=O)(=O)N1CCN(C(=O)[C@H](CCC(=O)O)NC(=O)c2ccc(F)cc2)CC1.CS(=O)(=O)N1CCN(C(=O)[C@H](CCCNC2C[C@H]2c2ccc(F)cc2)NC(=O)c2ccc(F)cc2)CC1.CS(=O)(=O)N1CCNCC1.O=C(Cl)c1ccc(F)cc1. The Morgan fingerprint density at radius 1 is 0.372 bits per heavy atom. The van der Waals surface area contributed by atoms with E-state index in [1.807, 2.05) is 0 Å². The van der Waals surface area contributed by atoms with Gasteiger partial charge in [-0.25, -0.2) is 64.8 Å². The van der Waals surface area contributed by atoms with E-state index in [2.05, 4.69) is 46.1 Å². The highest BCUT2D eigenvalue weighted by molar-refractivity contribution is 7.89. The lowest BCUT2D eigenvalue weighted by Gasteiger charge is -2.35. The molecule has 11 N–H and O–H groups in total. The number of carboxylic acid groups (broad SMARTS) is 3. The lowest BCUT2D eigenvalue weighted by molar-refractivity contribution is -0.143. The van der Waals surface area contributed by atoms with E-state index in [4.69, 9.17) is 32.7 Å². The van der Waals surface area contributed by atoms with Gasteiger partial charge in [-0.3, -0.25) is 62.3 Å². The van der Waals surface area contributed by atoms with Gasteiger partial charge in [0.2, 0.25) is 57.8 Å². The van der Waals surface area contributed by atoms with Gasteiger partial charge in [-0.1, -0.05) is 12.1 Å². The van der Waals surface area contributed by atoms with Gasteiger partial charge in [0.15, 0.2) is 0 Å². The zero-order valence-corrected chi connectivity index (χ0v) is 84.3. The molecule has 1 saturated carbocycles. The Kier molecular flexibility index (Phi) is 51.2. The Labute approximate surface area is 839 Å². The van der Waals surface area contributed by atoms with Gasteiger partial charge >= 0.3 is 35.8 Å². The Morgan fingerprint density at radius 2 is 0.634 bits per heavy atom. The number of ether oxygens (including phenoxy) is 3. The summed E-state index contributed by atoms with van der Waals surface area (Å²) in [5, 5.41) is 42.3. The Balaban J connectivity index is 0.000000313. The Hall–Kier alpha value is -12.5. The number of halogens is 7. The molecule has 6 aromatic rings. The van der Waals surface area contributed by atoms with Gasteiger partial charge in [-0.05, 0) is 202 Å². The molecule has 6 aromatic carbocycles. The molecule has 11 rings (SSSR count). The number of rotatable bonds is 36. The number of sulfonamides is 4. The van der Waals surface area contributed by atoms with Crippen LogP contribution in [0.2, 0.25) is 0 Å². The lowest BCUT2D eigenvalue weighted by Crippen LogP contribution is -2.55. The van der Waals surface area contributed by atoms with E-state index < -0.39 is 170 Å². The molecule has 1 aliphatic carbocycles. The molecule has 42 nitrogen and oxygen atoms in total. The van der Waals surface area contributed by atoms with Gasteiger partial charge in [0.25, 0.3) is 28.9 Å².